The van der Waals surface area contributed by atoms with Crippen molar-refractivity contribution in [3.05, 3.63) is 187 Å². The Morgan fingerprint density at radius 1 is 0.471 bits per heavy atom. The number of hydrogen-bond donors (Lipinski definition) is 0. The highest BCUT2D eigenvalue weighted by Crippen LogP contribution is 2.50. The van der Waals surface area contributed by atoms with Gasteiger partial charge in [0.15, 0.2) is 0 Å². The Kier molecular flexibility index (Phi) is 6.53. The van der Waals surface area contributed by atoms with Crippen molar-refractivity contribution < 1.29 is 0 Å². The first-order chi connectivity index (χ1) is 25.1. The van der Waals surface area contributed by atoms with Gasteiger partial charge in [0.25, 0.3) is 0 Å². The van der Waals surface area contributed by atoms with Crippen LogP contribution >= 0.6 is 0 Å². The maximum Gasteiger partial charge on any atom is 0.0542 e. The first-order valence-corrected chi connectivity index (χ1v) is 17.6. The molecule has 2 aromatic heterocycles. The van der Waals surface area contributed by atoms with Crippen LogP contribution in [0.5, 0.6) is 0 Å². The van der Waals surface area contributed by atoms with Gasteiger partial charge in [-0.05, 0) is 99.4 Å². The Labute approximate surface area is 297 Å². The summed E-state index contributed by atoms with van der Waals surface area (Å²) in [5.74, 6) is 0. The molecule has 7 aromatic carbocycles. The number of rotatable bonds is 5. The van der Waals surface area contributed by atoms with Crippen molar-refractivity contribution in [3.8, 4) is 27.9 Å². The van der Waals surface area contributed by atoms with Gasteiger partial charge in [0.1, 0.15) is 0 Å². The van der Waals surface area contributed by atoms with Gasteiger partial charge in [-0.3, -0.25) is 4.98 Å². The third kappa shape index (κ3) is 4.48. The van der Waals surface area contributed by atoms with Crippen molar-refractivity contribution in [2.45, 2.75) is 19.3 Å². The van der Waals surface area contributed by atoms with E-state index in [-0.39, 0.29) is 5.41 Å². The largest absolute Gasteiger partial charge is 0.310 e. The van der Waals surface area contributed by atoms with Crippen LogP contribution in [0.2, 0.25) is 0 Å². The number of fused-ring (bicyclic) bond motifs is 7. The molecule has 0 radical (unpaired) electrons. The number of hydrogen-bond acceptors (Lipinski definition) is 2. The summed E-state index contributed by atoms with van der Waals surface area (Å²) in [6, 6.07) is 59.8. The molecular weight excluding hydrogens is 619 g/mol. The highest BCUT2D eigenvalue weighted by atomic mass is 15.1. The van der Waals surface area contributed by atoms with Gasteiger partial charge in [-0.25, -0.2) is 0 Å². The molecule has 0 unspecified atom stereocenters. The second-order valence-corrected chi connectivity index (χ2v) is 14.0. The zero-order valence-electron chi connectivity index (χ0n) is 28.6. The molecule has 3 nitrogen and oxygen atoms in total. The summed E-state index contributed by atoms with van der Waals surface area (Å²) in [5.41, 5.74) is 14.7. The predicted octanol–water partition coefficient (Wildman–Crippen LogP) is 12.8. The van der Waals surface area contributed by atoms with E-state index in [9.17, 15) is 0 Å². The van der Waals surface area contributed by atoms with Crippen LogP contribution in [-0.2, 0) is 5.41 Å². The van der Waals surface area contributed by atoms with Gasteiger partial charge in [-0.1, -0.05) is 117 Å². The summed E-state index contributed by atoms with van der Waals surface area (Å²) < 4.78 is 2.37. The maximum atomic E-state index is 4.38. The molecule has 9 aromatic rings. The average Bonchev–Trinajstić information content (AvgIpc) is 3.64. The smallest absolute Gasteiger partial charge is 0.0542 e. The van der Waals surface area contributed by atoms with E-state index in [4.69, 9.17) is 0 Å². The second-order valence-electron chi connectivity index (χ2n) is 14.0. The van der Waals surface area contributed by atoms with E-state index in [1.165, 1.54) is 66.0 Å². The highest BCUT2D eigenvalue weighted by molar-refractivity contribution is 6.12. The fourth-order valence-corrected chi connectivity index (χ4v) is 8.48. The van der Waals surface area contributed by atoms with Gasteiger partial charge in [-0.15, -0.1) is 0 Å². The van der Waals surface area contributed by atoms with Crippen molar-refractivity contribution >= 4 is 49.6 Å². The molecule has 1 aliphatic rings. The summed E-state index contributed by atoms with van der Waals surface area (Å²) in [7, 11) is 0. The third-order valence-corrected chi connectivity index (χ3v) is 10.9. The first kappa shape index (κ1) is 29.5. The molecule has 0 aliphatic heterocycles. The van der Waals surface area contributed by atoms with Crippen LogP contribution in [0.4, 0.5) is 17.1 Å². The Hall–Kier alpha value is -6.45. The Balaban J connectivity index is 1.16. The van der Waals surface area contributed by atoms with Crippen molar-refractivity contribution in [3.63, 3.8) is 0 Å². The van der Waals surface area contributed by atoms with Gasteiger partial charge in [0.2, 0.25) is 0 Å². The van der Waals surface area contributed by atoms with E-state index >= 15 is 0 Å². The standard InChI is InChI=1S/C48H35N3/c1-48(2)43-18-10-8-15-38(43)39-22-20-32(30-44(39)48)36-23-25-46(40-16-7-6-14-37(36)40)50(34-26-28-49-29-27-34)35-21-24-47-42(31-35)41-17-9-11-19-45(41)51(47)33-12-4-3-5-13-33/h3-31H,1-2H3. The lowest BCUT2D eigenvalue weighted by Crippen LogP contribution is -2.14. The molecule has 0 spiro atoms. The van der Waals surface area contributed by atoms with Gasteiger partial charge < -0.3 is 9.47 Å². The molecule has 0 fully saturated rings. The van der Waals surface area contributed by atoms with E-state index in [1.54, 1.807) is 0 Å². The Morgan fingerprint density at radius 3 is 1.98 bits per heavy atom. The van der Waals surface area contributed by atoms with Gasteiger partial charge in [0, 0.05) is 51.0 Å². The summed E-state index contributed by atoms with van der Waals surface area (Å²) in [6.45, 7) is 4.70. The SMILES string of the molecule is CC1(C)c2ccccc2-c2ccc(-c3ccc(N(c4ccncc4)c4ccc5c(c4)c4ccccc4n5-c4ccccc4)c4ccccc34)cc21. The van der Waals surface area contributed by atoms with Crippen LogP contribution in [0.25, 0.3) is 60.5 Å². The van der Waals surface area contributed by atoms with E-state index in [2.05, 4.69) is 192 Å². The lowest BCUT2D eigenvalue weighted by Gasteiger charge is -2.27. The van der Waals surface area contributed by atoms with Crippen LogP contribution in [0, 0.1) is 0 Å². The molecule has 0 amide bonds. The monoisotopic (exact) mass is 653 g/mol. The molecule has 51 heavy (non-hydrogen) atoms. The number of aromatic nitrogens is 2. The summed E-state index contributed by atoms with van der Waals surface area (Å²) in [4.78, 5) is 6.76. The molecule has 3 heteroatoms. The van der Waals surface area contributed by atoms with E-state index in [0.29, 0.717) is 0 Å². The minimum atomic E-state index is -0.0574. The molecule has 0 saturated carbocycles. The molecule has 242 valence electrons. The summed E-state index contributed by atoms with van der Waals surface area (Å²) in [6.07, 6.45) is 3.76. The lowest BCUT2D eigenvalue weighted by atomic mass is 9.81. The van der Waals surface area contributed by atoms with Crippen LogP contribution in [0.1, 0.15) is 25.0 Å². The molecule has 2 heterocycles. The maximum absolute atomic E-state index is 4.38. The first-order valence-electron chi connectivity index (χ1n) is 17.6. The molecule has 0 saturated heterocycles. The zero-order chi connectivity index (χ0) is 34.1. The van der Waals surface area contributed by atoms with Gasteiger partial charge >= 0.3 is 0 Å². The predicted molar refractivity (Wildman–Crippen MR) is 214 cm³/mol. The van der Waals surface area contributed by atoms with Crippen LogP contribution < -0.4 is 4.90 Å². The van der Waals surface area contributed by atoms with E-state index < -0.39 is 0 Å². The molecule has 0 atom stereocenters. The van der Waals surface area contributed by atoms with Gasteiger partial charge in [0.05, 0.1) is 16.7 Å². The lowest BCUT2D eigenvalue weighted by molar-refractivity contribution is 0.660. The second kappa shape index (κ2) is 11.3. The average molecular weight is 654 g/mol. The molecular formula is C48H35N3. The third-order valence-electron chi connectivity index (χ3n) is 10.9. The summed E-state index contributed by atoms with van der Waals surface area (Å²) in [5, 5.41) is 4.87. The zero-order valence-corrected chi connectivity index (χ0v) is 28.6. The van der Waals surface area contributed by atoms with E-state index in [0.717, 1.165) is 22.7 Å². The van der Waals surface area contributed by atoms with Crippen molar-refractivity contribution in [2.75, 3.05) is 4.90 Å². The minimum Gasteiger partial charge on any atom is -0.310 e. The number of benzene rings is 7. The van der Waals surface area contributed by atoms with Crippen LogP contribution in [0.3, 0.4) is 0 Å². The van der Waals surface area contributed by atoms with Crippen molar-refractivity contribution in [1.29, 1.82) is 0 Å². The van der Waals surface area contributed by atoms with Crippen molar-refractivity contribution in [2.24, 2.45) is 0 Å². The molecule has 1 aliphatic carbocycles. The molecule has 0 bridgehead atoms. The van der Waals surface area contributed by atoms with Crippen molar-refractivity contribution in [1.82, 2.24) is 9.55 Å². The summed E-state index contributed by atoms with van der Waals surface area (Å²) >= 11 is 0. The highest BCUT2D eigenvalue weighted by Gasteiger charge is 2.35. The fraction of sp³-hybridized carbons (Fsp3) is 0.0625. The van der Waals surface area contributed by atoms with E-state index in [1.807, 2.05) is 12.4 Å². The number of anilines is 3. The fourth-order valence-electron chi connectivity index (χ4n) is 8.48. The molecule has 0 N–H and O–H groups in total. The van der Waals surface area contributed by atoms with Gasteiger partial charge in [-0.2, -0.15) is 0 Å². The normalized spacial score (nSPS) is 13.1. The Bertz CT molecular complexity index is 2780. The van der Waals surface area contributed by atoms with Crippen LogP contribution in [0.15, 0.2) is 176 Å². The number of nitrogens with zero attached hydrogens (tertiary/aromatic N) is 3. The quantitative estimate of drug-likeness (QED) is 0.184. The topological polar surface area (TPSA) is 21.1 Å². The number of pyridine rings is 1. The molecule has 10 rings (SSSR count). The Morgan fingerprint density at radius 2 is 1.14 bits per heavy atom. The number of para-hydroxylation sites is 2. The van der Waals surface area contributed by atoms with Crippen LogP contribution in [-0.4, -0.2) is 9.55 Å². The minimum absolute atomic E-state index is 0.0574.